The van der Waals surface area contributed by atoms with E-state index in [-0.39, 0.29) is 5.91 Å². The molecule has 0 atom stereocenters. The van der Waals surface area contributed by atoms with Gasteiger partial charge in [0.2, 0.25) is 5.91 Å². The Morgan fingerprint density at radius 3 is 2.52 bits per heavy atom. The van der Waals surface area contributed by atoms with Gasteiger partial charge >= 0.3 is 0 Å². The third-order valence-corrected chi connectivity index (χ3v) is 4.23. The minimum absolute atomic E-state index is 0.161. The van der Waals surface area contributed by atoms with E-state index in [1.807, 2.05) is 24.3 Å². The molecule has 21 heavy (non-hydrogen) atoms. The quantitative estimate of drug-likeness (QED) is 0.822. The van der Waals surface area contributed by atoms with Gasteiger partial charge in [0.25, 0.3) is 0 Å². The van der Waals surface area contributed by atoms with E-state index in [1.165, 1.54) is 24.0 Å². The van der Waals surface area contributed by atoms with Gasteiger partial charge in [-0.1, -0.05) is 46.9 Å². The summed E-state index contributed by atoms with van der Waals surface area (Å²) in [5.74, 6) is 1.19. The number of aromatic nitrogens is 1. The normalized spacial score (nSPS) is 10.4. The Bertz CT molecular complexity index is 635. The Labute approximate surface area is 142 Å². The highest BCUT2D eigenvalue weighted by Crippen LogP contribution is 2.23. The number of anilines is 1. The number of amides is 1. The molecule has 0 fully saturated rings. The number of nitrogens with zero attached hydrogens (tertiary/aromatic N) is 1. The number of pyridine rings is 1. The second-order valence-electron chi connectivity index (χ2n) is 4.15. The number of carbonyl (C=O) groups is 1. The van der Waals surface area contributed by atoms with Crippen LogP contribution in [-0.4, -0.2) is 16.6 Å². The van der Waals surface area contributed by atoms with Crippen molar-refractivity contribution in [2.24, 2.45) is 0 Å². The van der Waals surface area contributed by atoms with Gasteiger partial charge in [0, 0.05) is 17.0 Å². The van der Waals surface area contributed by atoms with Crippen molar-refractivity contribution in [2.45, 2.75) is 5.75 Å². The van der Waals surface area contributed by atoms with E-state index in [0.29, 0.717) is 26.6 Å². The largest absolute Gasteiger partial charge is 0.309 e. The van der Waals surface area contributed by atoms with Crippen LogP contribution in [0, 0.1) is 0 Å². The summed E-state index contributed by atoms with van der Waals surface area (Å²) in [5, 5.41) is 4.09. The van der Waals surface area contributed by atoms with Crippen LogP contribution in [0.4, 0.5) is 5.82 Å². The molecule has 1 amide bonds. The van der Waals surface area contributed by atoms with Gasteiger partial charge in [-0.05, 0) is 23.8 Å². The van der Waals surface area contributed by atoms with Gasteiger partial charge in [0.15, 0.2) is 5.82 Å². The van der Waals surface area contributed by atoms with Crippen LogP contribution in [0.1, 0.15) is 5.56 Å². The van der Waals surface area contributed by atoms with Crippen LogP contribution in [0.5, 0.6) is 0 Å². The molecule has 1 heterocycles. The van der Waals surface area contributed by atoms with Crippen molar-refractivity contribution in [1.29, 1.82) is 0 Å². The monoisotopic (exact) mass is 360 g/mol. The Hall–Kier alpha value is -0.940. The molecule has 0 saturated heterocycles. The number of thioether (sulfide) groups is 1. The average Bonchev–Trinajstić information content (AvgIpc) is 2.44. The molecule has 2 rings (SSSR count). The Morgan fingerprint density at radius 1 is 1.14 bits per heavy atom. The first kappa shape index (κ1) is 16.4. The molecule has 0 bridgehead atoms. The lowest BCUT2D eigenvalue weighted by molar-refractivity contribution is -0.113. The second kappa shape index (κ2) is 7.90. The van der Waals surface area contributed by atoms with Crippen LogP contribution < -0.4 is 5.32 Å². The molecule has 3 nitrogen and oxygen atoms in total. The number of carbonyl (C=O) groups excluding carboxylic acids is 1. The third-order valence-electron chi connectivity index (χ3n) is 2.48. The second-order valence-corrected chi connectivity index (χ2v) is 6.42. The Morgan fingerprint density at radius 2 is 1.86 bits per heavy atom. The number of hydrogen-bond acceptors (Lipinski definition) is 3. The van der Waals surface area contributed by atoms with Crippen molar-refractivity contribution in [3.63, 3.8) is 0 Å². The highest BCUT2D eigenvalue weighted by molar-refractivity contribution is 7.99. The summed E-state index contributed by atoms with van der Waals surface area (Å²) in [6, 6.07) is 9.06. The predicted molar refractivity (Wildman–Crippen MR) is 90.5 cm³/mol. The molecule has 110 valence electrons. The first-order valence-corrected chi connectivity index (χ1v) is 8.26. The lowest BCUT2D eigenvalue weighted by Gasteiger charge is -2.06. The zero-order valence-electron chi connectivity index (χ0n) is 10.8. The zero-order chi connectivity index (χ0) is 15.2. The number of benzene rings is 1. The molecular formula is C14H11Cl3N2OS. The lowest BCUT2D eigenvalue weighted by Crippen LogP contribution is -2.15. The molecule has 0 aliphatic rings. The van der Waals surface area contributed by atoms with Crippen LogP contribution in [0.15, 0.2) is 36.5 Å². The molecule has 2 aromatic rings. The van der Waals surface area contributed by atoms with Gasteiger partial charge < -0.3 is 5.32 Å². The summed E-state index contributed by atoms with van der Waals surface area (Å²) < 4.78 is 0. The van der Waals surface area contributed by atoms with Crippen LogP contribution in [0.2, 0.25) is 15.1 Å². The number of hydrogen-bond donors (Lipinski definition) is 1. The van der Waals surface area contributed by atoms with Crippen molar-refractivity contribution in [3.8, 4) is 0 Å². The number of nitrogens with one attached hydrogen (secondary N) is 1. The maximum absolute atomic E-state index is 11.8. The molecule has 0 saturated carbocycles. The molecule has 0 aliphatic carbocycles. The number of rotatable bonds is 5. The van der Waals surface area contributed by atoms with E-state index in [9.17, 15) is 4.79 Å². The minimum Gasteiger partial charge on any atom is -0.309 e. The van der Waals surface area contributed by atoms with Crippen molar-refractivity contribution in [1.82, 2.24) is 4.98 Å². The SMILES string of the molecule is O=C(CSCc1ccc(Cl)cc1)Nc1ncc(Cl)cc1Cl. The molecule has 7 heteroatoms. The third kappa shape index (κ3) is 5.40. The molecule has 0 radical (unpaired) electrons. The number of halogens is 3. The molecule has 1 N–H and O–H groups in total. The van der Waals surface area contributed by atoms with Crippen LogP contribution in [0.3, 0.4) is 0 Å². The molecule has 1 aromatic carbocycles. The van der Waals surface area contributed by atoms with E-state index in [0.717, 1.165) is 11.3 Å². The van der Waals surface area contributed by atoms with Crippen LogP contribution >= 0.6 is 46.6 Å². The van der Waals surface area contributed by atoms with E-state index >= 15 is 0 Å². The summed E-state index contributed by atoms with van der Waals surface area (Å²) >= 11 is 19.0. The van der Waals surface area contributed by atoms with Crippen molar-refractivity contribution < 1.29 is 4.79 Å². The van der Waals surface area contributed by atoms with Crippen molar-refractivity contribution in [2.75, 3.05) is 11.1 Å². The fourth-order valence-corrected chi connectivity index (χ4v) is 2.86. The summed E-state index contributed by atoms with van der Waals surface area (Å²) in [5.41, 5.74) is 1.11. The summed E-state index contributed by atoms with van der Waals surface area (Å²) in [4.78, 5) is 15.8. The highest BCUT2D eigenvalue weighted by atomic mass is 35.5. The van der Waals surface area contributed by atoms with Gasteiger partial charge in [-0.25, -0.2) is 4.98 Å². The van der Waals surface area contributed by atoms with Gasteiger partial charge in [-0.15, -0.1) is 11.8 Å². The maximum atomic E-state index is 11.8. The summed E-state index contributed by atoms with van der Waals surface area (Å²) in [7, 11) is 0. The first-order valence-electron chi connectivity index (χ1n) is 5.97. The van der Waals surface area contributed by atoms with E-state index in [2.05, 4.69) is 10.3 Å². The molecule has 1 aromatic heterocycles. The standard InChI is InChI=1S/C14H11Cl3N2OS/c15-10-3-1-9(2-4-10)7-21-8-13(20)19-14-12(17)5-11(16)6-18-14/h1-6H,7-8H2,(H,18,19,20). The van der Waals surface area contributed by atoms with Crippen molar-refractivity contribution >= 4 is 58.3 Å². The van der Waals surface area contributed by atoms with E-state index in [1.54, 1.807) is 0 Å². The molecule has 0 aliphatic heterocycles. The van der Waals surface area contributed by atoms with Gasteiger partial charge in [-0.3, -0.25) is 4.79 Å². The fraction of sp³-hybridized carbons (Fsp3) is 0.143. The zero-order valence-corrected chi connectivity index (χ0v) is 13.9. The molecular weight excluding hydrogens is 351 g/mol. The predicted octanol–water partition coefficient (Wildman–Crippen LogP) is 4.91. The fourth-order valence-electron chi connectivity index (χ4n) is 1.52. The smallest absolute Gasteiger partial charge is 0.235 e. The molecule has 0 spiro atoms. The Kier molecular flexibility index (Phi) is 6.18. The topological polar surface area (TPSA) is 42.0 Å². The van der Waals surface area contributed by atoms with E-state index in [4.69, 9.17) is 34.8 Å². The van der Waals surface area contributed by atoms with Crippen LogP contribution in [0.25, 0.3) is 0 Å². The van der Waals surface area contributed by atoms with E-state index < -0.39 is 0 Å². The summed E-state index contributed by atoms with van der Waals surface area (Å²) in [6.45, 7) is 0. The Balaban J connectivity index is 1.81. The molecule has 0 unspecified atom stereocenters. The van der Waals surface area contributed by atoms with Gasteiger partial charge in [0.1, 0.15) is 0 Å². The van der Waals surface area contributed by atoms with Gasteiger partial charge in [0.05, 0.1) is 15.8 Å². The first-order chi connectivity index (χ1) is 10.0. The minimum atomic E-state index is -0.161. The lowest BCUT2D eigenvalue weighted by atomic mass is 10.2. The highest BCUT2D eigenvalue weighted by Gasteiger charge is 2.08. The summed E-state index contributed by atoms with van der Waals surface area (Å²) in [6.07, 6.45) is 1.43. The maximum Gasteiger partial charge on any atom is 0.235 e. The van der Waals surface area contributed by atoms with Gasteiger partial charge in [-0.2, -0.15) is 0 Å². The average molecular weight is 362 g/mol. The van der Waals surface area contributed by atoms with Crippen molar-refractivity contribution in [3.05, 3.63) is 57.2 Å². The van der Waals surface area contributed by atoms with Crippen LogP contribution in [-0.2, 0) is 10.5 Å².